The Bertz CT molecular complexity index is 932. The van der Waals surface area contributed by atoms with E-state index in [9.17, 15) is 26.4 Å². The highest BCUT2D eigenvalue weighted by Crippen LogP contribution is 2.40. The molecule has 1 aromatic carbocycles. The summed E-state index contributed by atoms with van der Waals surface area (Å²) in [5.74, 6) is -3.46. The minimum atomic E-state index is -3.38. The molecule has 2 aliphatic rings. The third-order valence-corrected chi connectivity index (χ3v) is 9.33. The second kappa shape index (κ2) is 8.73. The number of hydrogen-bond acceptors (Lipinski definition) is 4. The maximum absolute atomic E-state index is 14.0. The van der Waals surface area contributed by atoms with Crippen LogP contribution in [0.15, 0.2) is 12.1 Å². The number of hydrogen-bond donors (Lipinski definition) is 1. The van der Waals surface area contributed by atoms with Crippen molar-refractivity contribution in [1.82, 2.24) is 4.90 Å². The summed E-state index contributed by atoms with van der Waals surface area (Å²) < 4.78 is 64.4. The van der Waals surface area contributed by atoms with Crippen LogP contribution in [0.2, 0.25) is 0 Å². The van der Waals surface area contributed by atoms with E-state index in [0.717, 1.165) is 18.9 Å². The van der Waals surface area contributed by atoms with Crippen LogP contribution < -0.4 is 5.73 Å². The minimum Gasteiger partial charge on any atom is -0.337 e. The Balaban J connectivity index is 1.62. The number of benzene rings is 1. The summed E-state index contributed by atoms with van der Waals surface area (Å²) in [4.78, 5) is 14.6. The third kappa shape index (κ3) is 5.08. The monoisotopic (exact) mass is 460 g/mol. The Labute approximate surface area is 182 Å². The van der Waals surface area contributed by atoms with E-state index in [2.05, 4.69) is 0 Å². The van der Waals surface area contributed by atoms with Crippen molar-refractivity contribution in [1.29, 1.82) is 0 Å². The molecule has 0 aliphatic carbocycles. The van der Waals surface area contributed by atoms with Crippen molar-refractivity contribution in [2.75, 3.05) is 5.75 Å². The van der Waals surface area contributed by atoms with Crippen molar-refractivity contribution in [3.05, 3.63) is 35.1 Å². The van der Waals surface area contributed by atoms with Gasteiger partial charge in [0.15, 0.2) is 21.5 Å². The normalized spacial score (nSPS) is 25.0. The van der Waals surface area contributed by atoms with Gasteiger partial charge in [0.2, 0.25) is 5.91 Å². The van der Waals surface area contributed by atoms with E-state index in [1.165, 1.54) is 0 Å². The molecule has 174 valence electrons. The first-order valence-electron chi connectivity index (χ1n) is 10.7. The molecule has 1 amide bonds. The Morgan fingerprint density at radius 2 is 1.65 bits per heavy atom. The van der Waals surface area contributed by atoms with E-state index >= 15 is 0 Å². The second-order valence-electron chi connectivity index (χ2n) is 9.82. The molecule has 2 saturated heterocycles. The lowest BCUT2D eigenvalue weighted by atomic mass is 9.82. The number of nitrogens with two attached hydrogens (primary N) is 1. The van der Waals surface area contributed by atoms with Crippen LogP contribution in [0.25, 0.3) is 0 Å². The lowest BCUT2D eigenvalue weighted by Crippen LogP contribution is -2.50. The van der Waals surface area contributed by atoms with Crippen LogP contribution in [-0.2, 0) is 21.1 Å². The van der Waals surface area contributed by atoms with Crippen molar-refractivity contribution in [2.24, 2.45) is 11.7 Å². The third-order valence-electron chi connectivity index (χ3n) is 6.73. The van der Waals surface area contributed by atoms with Crippen molar-refractivity contribution in [2.45, 2.75) is 82.2 Å². The van der Waals surface area contributed by atoms with E-state index in [4.69, 9.17) is 5.73 Å². The number of nitrogens with zero attached hydrogens (tertiary/aromatic N) is 1. The fourth-order valence-corrected chi connectivity index (χ4v) is 5.83. The summed E-state index contributed by atoms with van der Waals surface area (Å²) in [5.41, 5.74) is 6.36. The molecule has 0 saturated carbocycles. The molecule has 3 rings (SSSR count). The zero-order valence-corrected chi connectivity index (χ0v) is 19.0. The molecule has 2 N–H and O–H groups in total. The maximum atomic E-state index is 14.0. The molecule has 31 heavy (non-hydrogen) atoms. The van der Waals surface area contributed by atoms with Gasteiger partial charge in [-0.25, -0.2) is 21.6 Å². The fraction of sp³-hybridized carbons (Fsp3) is 0.682. The van der Waals surface area contributed by atoms with Gasteiger partial charge in [-0.15, -0.1) is 0 Å². The van der Waals surface area contributed by atoms with Gasteiger partial charge in [0.25, 0.3) is 0 Å². The van der Waals surface area contributed by atoms with Crippen molar-refractivity contribution in [3.8, 4) is 0 Å². The molecule has 0 radical (unpaired) electrons. The number of carbonyl (C=O) groups is 1. The number of amides is 1. The van der Waals surface area contributed by atoms with Gasteiger partial charge in [-0.1, -0.05) is 0 Å². The highest BCUT2D eigenvalue weighted by Gasteiger charge is 2.44. The van der Waals surface area contributed by atoms with Gasteiger partial charge in [-0.3, -0.25) is 4.79 Å². The molecule has 2 unspecified atom stereocenters. The van der Waals surface area contributed by atoms with Crippen LogP contribution in [-0.4, -0.2) is 47.9 Å². The molecule has 0 aromatic heterocycles. The molecule has 2 bridgehead atoms. The zero-order chi connectivity index (χ0) is 23.1. The van der Waals surface area contributed by atoms with Crippen LogP contribution in [0.1, 0.15) is 58.4 Å². The van der Waals surface area contributed by atoms with E-state index < -0.39 is 38.1 Å². The van der Waals surface area contributed by atoms with Crippen molar-refractivity contribution < 1.29 is 26.4 Å². The van der Waals surface area contributed by atoms with Crippen LogP contribution >= 0.6 is 0 Å². The molecular formula is C22H31F3N2O3S. The van der Waals surface area contributed by atoms with E-state index in [-0.39, 0.29) is 48.1 Å². The molecule has 9 heteroatoms. The smallest absolute Gasteiger partial charge is 0.224 e. The van der Waals surface area contributed by atoms with E-state index in [0.29, 0.717) is 18.9 Å². The molecule has 5 nitrogen and oxygen atoms in total. The van der Waals surface area contributed by atoms with E-state index in [1.807, 2.05) is 4.90 Å². The average Bonchev–Trinajstić information content (AvgIpc) is 2.92. The lowest BCUT2D eigenvalue weighted by molar-refractivity contribution is -0.136. The van der Waals surface area contributed by atoms with Gasteiger partial charge in [0.05, 0.1) is 10.5 Å². The van der Waals surface area contributed by atoms with Gasteiger partial charge in [-0.05, 0) is 70.4 Å². The summed E-state index contributed by atoms with van der Waals surface area (Å²) in [5, 5.41) is 0. The topological polar surface area (TPSA) is 80.5 Å². The van der Waals surface area contributed by atoms with Crippen LogP contribution in [0, 0.1) is 23.4 Å². The second-order valence-corrected chi connectivity index (χ2v) is 12.7. The molecule has 2 fully saturated rings. The summed E-state index contributed by atoms with van der Waals surface area (Å²) in [6.07, 6.45) is 2.98. The Hall–Kier alpha value is -1.61. The number of halogens is 3. The number of rotatable bonds is 6. The van der Waals surface area contributed by atoms with Gasteiger partial charge < -0.3 is 10.6 Å². The molecular weight excluding hydrogens is 429 g/mol. The predicted molar refractivity (Wildman–Crippen MR) is 113 cm³/mol. The first kappa shape index (κ1) is 24.0. The summed E-state index contributed by atoms with van der Waals surface area (Å²) in [6, 6.07) is 0.909. The average molecular weight is 461 g/mol. The minimum absolute atomic E-state index is 0.0190. The molecule has 2 heterocycles. The molecule has 2 aliphatic heterocycles. The quantitative estimate of drug-likeness (QED) is 0.661. The number of fused-ring (bicyclic) bond motifs is 2. The van der Waals surface area contributed by atoms with E-state index in [1.54, 1.807) is 20.8 Å². The van der Waals surface area contributed by atoms with Crippen molar-refractivity contribution in [3.63, 3.8) is 0 Å². The molecule has 4 atom stereocenters. The summed E-state index contributed by atoms with van der Waals surface area (Å²) in [6.45, 7) is 4.87. The highest BCUT2D eigenvalue weighted by molar-refractivity contribution is 7.92. The first-order chi connectivity index (χ1) is 14.3. The summed E-state index contributed by atoms with van der Waals surface area (Å²) >= 11 is 0. The van der Waals surface area contributed by atoms with Crippen LogP contribution in [0.3, 0.4) is 0 Å². The zero-order valence-electron chi connectivity index (χ0n) is 18.2. The van der Waals surface area contributed by atoms with Gasteiger partial charge in [0, 0.05) is 30.6 Å². The number of carbonyl (C=O) groups excluding carboxylic acids is 1. The Kier molecular flexibility index (Phi) is 6.77. The van der Waals surface area contributed by atoms with Gasteiger partial charge >= 0.3 is 0 Å². The number of sulfone groups is 1. The Morgan fingerprint density at radius 3 is 2.19 bits per heavy atom. The lowest BCUT2D eigenvalue weighted by Gasteiger charge is -2.41. The van der Waals surface area contributed by atoms with Crippen LogP contribution in [0.4, 0.5) is 13.2 Å². The molecule has 1 aromatic rings. The van der Waals surface area contributed by atoms with Crippen LogP contribution in [0.5, 0.6) is 0 Å². The van der Waals surface area contributed by atoms with Gasteiger partial charge in [0.1, 0.15) is 5.82 Å². The number of piperidine rings is 1. The first-order valence-corrected chi connectivity index (χ1v) is 12.4. The SMILES string of the molecule is CC(C)(C)S(=O)(=O)CCC(=O)N1[C@@H]2CC[C@H]1CC(C(N)Cc1cc(F)c(F)cc1F)C2. The molecule has 0 spiro atoms. The van der Waals surface area contributed by atoms with Crippen molar-refractivity contribution >= 4 is 15.7 Å². The maximum Gasteiger partial charge on any atom is 0.224 e. The summed E-state index contributed by atoms with van der Waals surface area (Å²) in [7, 11) is -3.38. The highest BCUT2D eigenvalue weighted by atomic mass is 32.2. The van der Waals surface area contributed by atoms with Gasteiger partial charge in [-0.2, -0.15) is 0 Å². The standard InChI is InChI=1S/C22H31F3N2O3S/c1-22(2,3)31(29,30)7-6-21(28)27-15-4-5-16(27)9-14(8-15)20(26)11-13-10-18(24)19(25)12-17(13)23/h10,12,14-16,20H,4-9,11,26H2,1-3H3/t14?,15-,16+,20?. The fourth-order valence-electron chi connectivity index (χ4n) is 4.77. The Morgan fingerprint density at radius 1 is 1.10 bits per heavy atom. The largest absolute Gasteiger partial charge is 0.337 e. The predicted octanol–water partition coefficient (Wildman–Crippen LogP) is 3.35.